The van der Waals surface area contributed by atoms with Crippen LogP contribution in [0.2, 0.25) is 0 Å². The van der Waals surface area contributed by atoms with E-state index in [0.717, 1.165) is 18.7 Å². The van der Waals surface area contributed by atoms with Crippen molar-refractivity contribution in [1.29, 1.82) is 0 Å². The molecule has 1 unspecified atom stereocenters. The SMILES string of the molecule is CCCCC(CC)COc1cncc(CN)n1. The maximum Gasteiger partial charge on any atom is 0.232 e. The molecule has 96 valence electrons. The van der Waals surface area contributed by atoms with Crippen LogP contribution in [0.3, 0.4) is 0 Å². The van der Waals surface area contributed by atoms with Crippen LogP contribution in [0.1, 0.15) is 45.2 Å². The van der Waals surface area contributed by atoms with Crippen LogP contribution < -0.4 is 10.5 Å². The van der Waals surface area contributed by atoms with Crippen LogP contribution in [0, 0.1) is 5.92 Å². The Morgan fingerprint density at radius 2 is 2.18 bits per heavy atom. The van der Waals surface area contributed by atoms with Crippen molar-refractivity contribution in [2.24, 2.45) is 11.7 Å². The fourth-order valence-electron chi connectivity index (χ4n) is 1.66. The second-order valence-electron chi connectivity index (χ2n) is 4.28. The summed E-state index contributed by atoms with van der Waals surface area (Å²) in [6.45, 7) is 5.53. The van der Waals surface area contributed by atoms with Gasteiger partial charge in [-0.1, -0.05) is 33.1 Å². The third-order valence-corrected chi connectivity index (χ3v) is 2.88. The van der Waals surface area contributed by atoms with Gasteiger partial charge in [0.2, 0.25) is 5.88 Å². The molecule has 1 rings (SSSR count). The molecule has 0 bridgehead atoms. The highest BCUT2D eigenvalue weighted by atomic mass is 16.5. The molecule has 4 heteroatoms. The van der Waals surface area contributed by atoms with Crippen molar-refractivity contribution in [3.05, 3.63) is 18.1 Å². The van der Waals surface area contributed by atoms with Gasteiger partial charge in [0.1, 0.15) is 0 Å². The van der Waals surface area contributed by atoms with Crippen LogP contribution in [-0.4, -0.2) is 16.6 Å². The Balaban J connectivity index is 2.41. The predicted octanol–water partition coefficient (Wildman–Crippen LogP) is 2.53. The molecule has 0 aliphatic heterocycles. The Morgan fingerprint density at radius 3 is 2.82 bits per heavy atom. The summed E-state index contributed by atoms with van der Waals surface area (Å²) in [6.07, 6.45) is 8.17. The second-order valence-corrected chi connectivity index (χ2v) is 4.28. The lowest BCUT2D eigenvalue weighted by molar-refractivity contribution is 0.224. The standard InChI is InChI=1S/C13H23N3O/c1-3-5-6-11(4-2)10-17-13-9-15-8-12(7-14)16-13/h8-9,11H,3-7,10,14H2,1-2H3. The van der Waals surface area contributed by atoms with E-state index in [1.54, 1.807) is 12.4 Å². The number of hydrogen-bond acceptors (Lipinski definition) is 4. The quantitative estimate of drug-likeness (QED) is 0.754. The third-order valence-electron chi connectivity index (χ3n) is 2.88. The van der Waals surface area contributed by atoms with E-state index in [1.165, 1.54) is 19.3 Å². The molecule has 0 aliphatic carbocycles. The van der Waals surface area contributed by atoms with Gasteiger partial charge >= 0.3 is 0 Å². The summed E-state index contributed by atoms with van der Waals surface area (Å²) in [5.41, 5.74) is 6.28. The molecule has 0 radical (unpaired) electrons. The second kappa shape index (κ2) is 8.01. The van der Waals surface area contributed by atoms with Crippen molar-refractivity contribution >= 4 is 0 Å². The third kappa shape index (κ3) is 5.13. The van der Waals surface area contributed by atoms with E-state index in [-0.39, 0.29) is 0 Å². The van der Waals surface area contributed by atoms with E-state index in [4.69, 9.17) is 10.5 Å². The highest BCUT2D eigenvalue weighted by Crippen LogP contribution is 2.14. The minimum atomic E-state index is 0.400. The molecule has 0 aliphatic rings. The number of rotatable bonds is 8. The number of aromatic nitrogens is 2. The van der Waals surface area contributed by atoms with E-state index in [2.05, 4.69) is 23.8 Å². The molecule has 4 nitrogen and oxygen atoms in total. The van der Waals surface area contributed by atoms with Gasteiger partial charge in [0.25, 0.3) is 0 Å². The number of unbranched alkanes of at least 4 members (excludes halogenated alkanes) is 1. The molecular formula is C13H23N3O. The van der Waals surface area contributed by atoms with Gasteiger partial charge in [-0.3, -0.25) is 4.98 Å². The first kappa shape index (κ1) is 13.9. The maximum absolute atomic E-state index is 5.67. The lowest BCUT2D eigenvalue weighted by Gasteiger charge is -2.14. The van der Waals surface area contributed by atoms with Gasteiger partial charge in [-0.15, -0.1) is 0 Å². The van der Waals surface area contributed by atoms with E-state index in [9.17, 15) is 0 Å². The molecule has 1 atom stereocenters. The van der Waals surface area contributed by atoms with Crippen molar-refractivity contribution in [3.63, 3.8) is 0 Å². The zero-order chi connectivity index (χ0) is 12.5. The summed E-state index contributed by atoms with van der Waals surface area (Å²) in [4.78, 5) is 8.32. The van der Waals surface area contributed by atoms with Gasteiger partial charge in [-0.2, -0.15) is 0 Å². The highest BCUT2D eigenvalue weighted by molar-refractivity contribution is 5.07. The van der Waals surface area contributed by atoms with Crippen molar-refractivity contribution in [1.82, 2.24) is 9.97 Å². The van der Waals surface area contributed by atoms with Crippen LogP contribution in [0.4, 0.5) is 0 Å². The van der Waals surface area contributed by atoms with Gasteiger partial charge in [-0.25, -0.2) is 4.98 Å². The average molecular weight is 237 g/mol. The van der Waals surface area contributed by atoms with Gasteiger partial charge in [0.15, 0.2) is 0 Å². The van der Waals surface area contributed by atoms with Crippen molar-refractivity contribution in [3.8, 4) is 5.88 Å². The van der Waals surface area contributed by atoms with E-state index in [1.807, 2.05) is 0 Å². The van der Waals surface area contributed by atoms with Crippen molar-refractivity contribution < 1.29 is 4.74 Å². The van der Waals surface area contributed by atoms with Crippen LogP contribution in [-0.2, 0) is 6.54 Å². The van der Waals surface area contributed by atoms with Gasteiger partial charge in [-0.05, 0) is 12.3 Å². The van der Waals surface area contributed by atoms with Crippen LogP contribution in [0.25, 0.3) is 0 Å². The summed E-state index contributed by atoms with van der Waals surface area (Å²) in [5.74, 6) is 1.20. The van der Waals surface area contributed by atoms with E-state index < -0.39 is 0 Å². The first-order chi connectivity index (χ1) is 8.30. The minimum absolute atomic E-state index is 0.400. The molecule has 0 fully saturated rings. The zero-order valence-corrected chi connectivity index (χ0v) is 10.9. The van der Waals surface area contributed by atoms with Crippen molar-refractivity contribution in [2.75, 3.05) is 6.61 Å². The lowest BCUT2D eigenvalue weighted by atomic mass is 10.0. The van der Waals surface area contributed by atoms with E-state index >= 15 is 0 Å². The molecule has 2 N–H and O–H groups in total. The zero-order valence-electron chi connectivity index (χ0n) is 10.9. The Labute approximate surface area is 104 Å². The monoisotopic (exact) mass is 237 g/mol. The highest BCUT2D eigenvalue weighted by Gasteiger charge is 2.07. The topological polar surface area (TPSA) is 61.0 Å². The normalized spacial score (nSPS) is 12.4. The number of nitrogens with zero attached hydrogens (tertiary/aromatic N) is 2. The van der Waals surface area contributed by atoms with Crippen molar-refractivity contribution in [2.45, 2.75) is 46.1 Å². The average Bonchev–Trinajstić information content (AvgIpc) is 2.39. The Hall–Kier alpha value is -1.16. The molecule has 0 aromatic carbocycles. The molecule has 0 amide bonds. The molecule has 0 spiro atoms. The van der Waals surface area contributed by atoms with Gasteiger partial charge in [0.05, 0.1) is 18.5 Å². The summed E-state index contributed by atoms with van der Waals surface area (Å²) in [7, 11) is 0. The molecule has 17 heavy (non-hydrogen) atoms. The van der Waals surface area contributed by atoms with Gasteiger partial charge < -0.3 is 10.5 Å². The molecule has 1 aromatic heterocycles. The fourth-order valence-corrected chi connectivity index (χ4v) is 1.66. The molecule has 1 aromatic rings. The first-order valence-electron chi connectivity index (χ1n) is 6.43. The molecule has 0 saturated carbocycles. The Morgan fingerprint density at radius 1 is 1.35 bits per heavy atom. The smallest absolute Gasteiger partial charge is 0.232 e. The Bertz CT molecular complexity index is 317. The Kier molecular flexibility index (Phi) is 6.55. The predicted molar refractivity (Wildman–Crippen MR) is 68.7 cm³/mol. The van der Waals surface area contributed by atoms with Crippen LogP contribution >= 0.6 is 0 Å². The summed E-state index contributed by atoms with van der Waals surface area (Å²) in [5, 5.41) is 0. The fraction of sp³-hybridized carbons (Fsp3) is 0.692. The number of ether oxygens (including phenoxy) is 1. The first-order valence-corrected chi connectivity index (χ1v) is 6.43. The molecule has 0 saturated heterocycles. The number of hydrogen-bond donors (Lipinski definition) is 1. The summed E-state index contributed by atoms with van der Waals surface area (Å²) < 4.78 is 5.67. The van der Waals surface area contributed by atoms with Crippen LogP contribution in [0.15, 0.2) is 12.4 Å². The summed E-state index contributed by atoms with van der Waals surface area (Å²) in [6, 6.07) is 0. The molecular weight excluding hydrogens is 214 g/mol. The van der Waals surface area contributed by atoms with Gasteiger partial charge in [0, 0.05) is 12.7 Å². The van der Waals surface area contributed by atoms with E-state index in [0.29, 0.717) is 18.3 Å². The molecule has 1 heterocycles. The summed E-state index contributed by atoms with van der Waals surface area (Å²) >= 11 is 0. The minimum Gasteiger partial charge on any atom is -0.476 e. The number of nitrogens with two attached hydrogens (primary N) is 1. The largest absolute Gasteiger partial charge is 0.476 e. The maximum atomic E-state index is 5.67. The van der Waals surface area contributed by atoms with Crippen LogP contribution in [0.5, 0.6) is 5.88 Å². The lowest BCUT2D eigenvalue weighted by Crippen LogP contribution is -2.12.